The second-order valence-electron chi connectivity index (χ2n) is 12.0. The van der Waals surface area contributed by atoms with Crippen LogP contribution in [0.25, 0.3) is 43.6 Å². The third kappa shape index (κ3) is 4.17. The molecule has 6 aromatic rings. The number of hydrogen-bond donors (Lipinski definition) is 9. The van der Waals surface area contributed by atoms with Crippen LogP contribution in [0.15, 0.2) is 54.9 Å². The van der Waals surface area contributed by atoms with Gasteiger partial charge in [0.25, 0.3) is 11.8 Å². The van der Waals surface area contributed by atoms with Crippen molar-refractivity contribution in [1.29, 1.82) is 0 Å². The van der Waals surface area contributed by atoms with Crippen molar-refractivity contribution in [1.82, 2.24) is 25.0 Å². The summed E-state index contributed by atoms with van der Waals surface area (Å²) in [4.78, 5) is 35.9. The maximum Gasteiger partial charge on any atom is 0.276 e. The van der Waals surface area contributed by atoms with E-state index < -0.39 is 49.1 Å². The van der Waals surface area contributed by atoms with Gasteiger partial charge in [-0.15, -0.1) is 0 Å². The number of phenolic OH excluding ortho intramolecular Hbond substituents is 2. The Kier molecular flexibility index (Phi) is 6.90. The first-order valence-electron chi connectivity index (χ1n) is 15.1. The fourth-order valence-corrected chi connectivity index (χ4v) is 7.05. The molecule has 3 aromatic carbocycles. The van der Waals surface area contributed by atoms with E-state index in [1.165, 1.54) is 41.2 Å². The number of pyridine rings is 1. The molecule has 0 bridgehead atoms. The van der Waals surface area contributed by atoms with Crippen molar-refractivity contribution in [3.05, 3.63) is 77.1 Å². The van der Waals surface area contributed by atoms with Crippen LogP contribution in [0.2, 0.25) is 0 Å². The number of rotatable bonds is 6. The molecule has 15 heteroatoms. The van der Waals surface area contributed by atoms with Crippen LogP contribution in [-0.2, 0) is 17.9 Å². The number of benzene rings is 3. The first-order chi connectivity index (χ1) is 23.1. The lowest BCUT2D eigenvalue weighted by molar-refractivity contribution is -0.249. The second kappa shape index (κ2) is 11.0. The van der Waals surface area contributed by atoms with E-state index in [-0.39, 0.29) is 52.2 Å². The second-order valence-corrected chi connectivity index (χ2v) is 12.0. The SMILES string of the molecule is O=C1c2c(c3c4ccc(O)cc4n([C@@H]4O[C@H](CO)[C@@H](O)[C@H](O)[C@H]4O)c3c3[nH]c4cc(O)ccc4c23)C(=O)N1NCc1ccncc1CO. The Morgan fingerprint density at radius 3 is 2.29 bits per heavy atom. The zero-order valence-corrected chi connectivity index (χ0v) is 24.9. The number of amides is 2. The molecule has 5 atom stereocenters. The van der Waals surface area contributed by atoms with Crippen molar-refractivity contribution < 1.29 is 50.1 Å². The van der Waals surface area contributed by atoms with Gasteiger partial charge < -0.3 is 50.0 Å². The zero-order valence-electron chi connectivity index (χ0n) is 24.9. The molecule has 15 nitrogen and oxygen atoms in total. The van der Waals surface area contributed by atoms with Gasteiger partial charge in [0.1, 0.15) is 35.9 Å². The number of hydrazine groups is 1. The molecule has 9 N–H and O–H groups in total. The minimum atomic E-state index is -1.74. The molecule has 3 aromatic heterocycles. The number of ether oxygens (including phenoxy) is 1. The normalized spacial score (nSPS) is 22.9. The standard InChI is InChI=1S/C33H29N5O10/c39-11-14-9-34-6-5-13(14)10-35-38-31(46)24-22-17-3-1-15(41)7-19(17)36-26(22)27-23(25(24)32(38)47)18-4-2-16(42)8-20(18)37(27)33-30(45)29(44)28(43)21(12-40)48-33/h1-9,21,28-30,33,35-36,39-45H,10-12H2/t21-,28-,29+,30-,33-/m1/s1. The van der Waals surface area contributed by atoms with E-state index >= 15 is 0 Å². The Hall–Kier alpha value is -5.13. The number of hydrogen-bond acceptors (Lipinski definition) is 12. The number of aliphatic hydroxyl groups is 5. The van der Waals surface area contributed by atoms with E-state index in [4.69, 9.17) is 4.74 Å². The van der Waals surface area contributed by atoms with Crippen molar-refractivity contribution in [2.75, 3.05) is 6.61 Å². The number of phenols is 2. The number of imide groups is 1. The first-order valence-corrected chi connectivity index (χ1v) is 15.1. The van der Waals surface area contributed by atoms with Gasteiger partial charge in [0.2, 0.25) is 0 Å². The number of aliphatic hydroxyl groups excluding tert-OH is 5. The van der Waals surface area contributed by atoms with Crippen molar-refractivity contribution >= 4 is 55.4 Å². The van der Waals surface area contributed by atoms with Gasteiger partial charge in [-0.05, 0) is 35.9 Å². The van der Waals surface area contributed by atoms with E-state index in [0.717, 1.165) is 5.01 Å². The van der Waals surface area contributed by atoms with E-state index in [2.05, 4.69) is 15.4 Å². The number of aromatic amines is 1. The van der Waals surface area contributed by atoms with Gasteiger partial charge in [0.15, 0.2) is 6.23 Å². The van der Waals surface area contributed by atoms with Crippen molar-refractivity contribution in [3.8, 4) is 11.5 Å². The minimum Gasteiger partial charge on any atom is -0.508 e. The van der Waals surface area contributed by atoms with Crippen LogP contribution in [0.1, 0.15) is 38.1 Å². The average molecular weight is 656 g/mol. The predicted octanol–water partition coefficient (Wildman–Crippen LogP) is 1.00. The summed E-state index contributed by atoms with van der Waals surface area (Å²) in [7, 11) is 0. The highest BCUT2D eigenvalue weighted by Crippen LogP contribution is 2.47. The zero-order chi connectivity index (χ0) is 33.6. The third-order valence-electron chi connectivity index (χ3n) is 9.31. The highest BCUT2D eigenvalue weighted by molar-refractivity contribution is 6.39. The van der Waals surface area contributed by atoms with Crippen molar-refractivity contribution in [3.63, 3.8) is 0 Å². The Labute approximate surface area is 269 Å². The summed E-state index contributed by atoms with van der Waals surface area (Å²) in [5.41, 5.74) is 5.33. The number of aromatic hydroxyl groups is 2. The Balaban J connectivity index is 1.44. The molecule has 8 rings (SSSR count). The Morgan fingerprint density at radius 2 is 1.56 bits per heavy atom. The molecule has 0 unspecified atom stereocenters. The lowest BCUT2D eigenvalue weighted by Crippen LogP contribution is -2.56. The molecule has 0 radical (unpaired) electrons. The molecule has 1 fully saturated rings. The van der Waals surface area contributed by atoms with Gasteiger partial charge in [0.05, 0.1) is 46.4 Å². The molecule has 2 amide bonds. The molecule has 0 saturated carbocycles. The Morgan fingerprint density at radius 1 is 0.854 bits per heavy atom. The van der Waals surface area contributed by atoms with Crippen LogP contribution in [-0.4, -0.2) is 98.1 Å². The summed E-state index contributed by atoms with van der Waals surface area (Å²) in [6, 6.07) is 10.5. The number of H-pyrrole nitrogens is 1. The molecule has 0 spiro atoms. The molecular weight excluding hydrogens is 626 g/mol. The molecule has 2 aliphatic heterocycles. The number of carbonyl (C=O) groups excluding carboxylic acids is 2. The quantitative estimate of drug-likeness (QED) is 0.114. The van der Waals surface area contributed by atoms with Gasteiger partial charge in [-0.3, -0.25) is 14.6 Å². The molecule has 246 valence electrons. The molecule has 0 aliphatic carbocycles. The number of fused-ring (bicyclic) bond motifs is 10. The molecule has 48 heavy (non-hydrogen) atoms. The fourth-order valence-electron chi connectivity index (χ4n) is 7.05. The van der Waals surface area contributed by atoms with Gasteiger partial charge in [-0.1, -0.05) is 0 Å². The predicted molar refractivity (Wildman–Crippen MR) is 169 cm³/mol. The average Bonchev–Trinajstić information content (AvgIpc) is 3.69. The van der Waals surface area contributed by atoms with E-state index in [0.29, 0.717) is 38.3 Å². The van der Waals surface area contributed by atoms with Gasteiger partial charge in [-0.2, -0.15) is 0 Å². The molecule has 2 aliphatic rings. The van der Waals surface area contributed by atoms with Crippen LogP contribution in [0.4, 0.5) is 0 Å². The van der Waals surface area contributed by atoms with Crippen LogP contribution >= 0.6 is 0 Å². The van der Waals surface area contributed by atoms with E-state index in [1.54, 1.807) is 18.2 Å². The lowest BCUT2D eigenvalue weighted by Gasteiger charge is -2.41. The van der Waals surface area contributed by atoms with E-state index in [1.807, 2.05) is 0 Å². The van der Waals surface area contributed by atoms with Gasteiger partial charge >= 0.3 is 0 Å². The van der Waals surface area contributed by atoms with Crippen molar-refractivity contribution in [2.24, 2.45) is 0 Å². The highest BCUT2D eigenvalue weighted by atomic mass is 16.6. The number of aromatic nitrogens is 3. The topological polar surface area (TPSA) is 234 Å². The summed E-state index contributed by atoms with van der Waals surface area (Å²) in [5.74, 6) is -1.60. The highest BCUT2D eigenvalue weighted by Gasteiger charge is 2.47. The molecule has 1 saturated heterocycles. The molecule has 5 heterocycles. The summed E-state index contributed by atoms with van der Waals surface area (Å²) in [5, 5.41) is 75.6. The summed E-state index contributed by atoms with van der Waals surface area (Å²) in [6.07, 6.45) is -4.84. The van der Waals surface area contributed by atoms with Crippen molar-refractivity contribution in [2.45, 2.75) is 43.8 Å². The number of carbonyl (C=O) groups is 2. The Bertz CT molecular complexity index is 2310. The van der Waals surface area contributed by atoms with E-state index in [9.17, 15) is 45.3 Å². The maximum absolute atomic E-state index is 14.4. The minimum absolute atomic E-state index is 0.00156. The molecular formula is C33H29N5O10. The number of nitrogens with one attached hydrogen (secondary N) is 2. The summed E-state index contributed by atoms with van der Waals surface area (Å²) < 4.78 is 7.45. The van der Waals surface area contributed by atoms with Gasteiger partial charge in [0, 0.05) is 58.2 Å². The van der Waals surface area contributed by atoms with Crippen LogP contribution in [0.5, 0.6) is 11.5 Å². The van der Waals surface area contributed by atoms with Gasteiger partial charge in [-0.25, -0.2) is 10.4 Å². The largest absolute Gasteiger partial charge is 0.508 e. The van der Waals surface area contributed by atoms with Crippen LogP contribution < -0.4 is 5.43 Å². The van der Waals surface area contributed by atoms with Crippen LogP contribution in [0.3, 0.4) is 0 Å². The first kappa shape index (κ1) is 30.2. The summed E-state index contributed by atoms with van der Waals surface area (Å²) >= 11 is 0. The fraction of sp³-hybridized carbons (Fsp3) is 0.242. The van der Waals surface area contributed by atoms with Crippen LogP contribution in [0, 0.1) is 0 Å². The number of nitrogens with zero attached hydrogens (tertiary/aromatic N) is 3. The maximum atomic E-state index is 14.4. The smallest absolute Gasteiger partial charge is 0.276 e. The third-order valence-corrected chi connectivity index (χ3v) is 9.31. The summed E-state index contributed by atoms with van der Waals surface area (Å²) in [6.45, 7) is -0.997. The lowest BCUT2D eigenvalue weighted by atomic mass is 9.96. The monoisotopic (exact) mass is 655 g/mol.